The molecule has 2 fully saturated rings. The second kappa shape index (κ2) is 7.80. The Balaban J connectivity index is 1.96. The fourth-order valence-corrected chi connectivity index (χ4v) is 6.84. The van der Waals surface area contributed by atoms with Gasteiger partial charge in [0.05, 0.1) is 0 Å². The molecular weight excluding hydrogens is 295 g/mol. The molecular formula is C16H28Cl2S. The third kappa shape index (κ3) is 4.45. The van der Waals surface area contributed by atoms with Crippen LogP contribution in [0.3, 0.4) is 0 Å². The van der Waals surface area contributed by atoms with Gasteiger partial charge >= 0.3 is 0 Å². The average molecular weight is 323 g/mol. The highest BCUT2D eigenvalue weighted by Gasteiger charge is 2.35. The molecule has 0 aliphatic heterocycles. The summed E-state index contributed by atoms with van der Waals surface area (Å²) >= 11 is 15.1. The number of alkyl halides is 2. The lowest BCUT2D eigenvalue weighted by Gasteiger charge is -2.39. The molecule has 2 aliphatic rings. The normalized spacial score (nSPS) is 39.8. The summed E-state index contributed by atoms with van der Waals surface area (Å²) in [5, 5.41) is 2.21. The third-order valence-corrected chi connectivity index (χ3v) is 7.55. The Kier molecular flexibility index (Phi) is 6.69. The van der Waals surface area contributed by atoms with Gasteiger partial charge in [-0.05, 0) is 51.4 Å². The van der Waals surface area contributed by atoms with Crippen LogP contribution in [0.2, 0.25) is 0 Å². The lowest BCUT2D eigenvalue weighted by atomic mass is 9.86. The first-order valence-corrected chi connectivity index (χ1v) is 9.84. The van der Waals surface area contributed by atoms with E-state index in [2.05, 4.69) is 25.6 Å². The van der Waals surface area contributed by atoms with E-state index in [9.17, 15) is 0 Å². The first-order valence-electron chi connectivity index (χ1n) is 8.03. The highest BCUT2D eigenvalue weighted by Crippen LogP contribution is 2.45. The molecule has 0 N–H and O–H groups in total. The largest absolute Gasteiger partial charge is 0.154 e. The number of halogens is 2. The second-order valence-corrected chi connectivity index (χ2v) is 9.32. The third-order valence-electron chi connectivity index (χ3n) is 5.04. The van der Waals surface area contributed by atoms with Crippen LogP contribution in [0.4, 0.5) is 0 Å². The van der Waals surface area contributed by atoms with Gasteiger partial charge < -0.3 is 0 Å². The summed E-state index contributed by atoms with van der Waals surface area (Å²) in [4.78, 5) is 0. The van der Waals surface area contributed by atoms with Gasteiger partial charge in [0.15, 0.2) is 0 Å². The molecule has 19 heavy (non-hydrogen) atoms. The molecule has 0 heterocycles. The lowest BCUT2D eigenvalue weighted by molar-refractivity contribution is 0.346. The zero-order valence-corrected chi connectivity index (χ0v) is 14.6. The van der Waals surface area contributed by atoms with Gasteiger partial charge in [0, 0.05) is 21.3 Å². The van der Waals surface area contributed by atoms with E-state index in [0.717, 1.165) is 10.5 Å². The maximum atomic E-state index is 6.43. The molecule has 0 spiro atoms. The minimum Gasteiger partial charge on any atom is -0.154 e. The molecule has 2 rings (SSSR count). The topological polar surface area (TPSA) is 0 Å². The fourth-order valence-electron chi connectivity index (χ4n) is 3.86. The Morgan fingerprint density at radius 3 is 1.47 bits per heavy atom. The molecule has 0 aromatic heterocycles. The Morgan fingerprint density at radius 1 is 0.737 bits per heavy atom. The Hall–Kier alpha value is 0.930. The van der Waals surface area contributed by atoms with Crippen molar-refractivity contribution in [1.29, 1.82) is 0 Å². The summed E-state index contributed by atoms with van der Waals surface area (Å²) < 4.78 is 0. The molecule has 0 radical (unpaired) electrons. The van der Waals surface area contributed by atoms with Crippen molar-refractivity contribution in [2.75, 3.05) is 0 Å². The molecule has 0 aromatic rings. The monoisotopic (exact) mass is 322 g/mol. The first kappa shape index (κ1) is 16.3. The molecule has 0 aromatic carbocycles. The van der Waals surface area contributed by atoms with Gasteiger partial charge in [0.25, 0.3) is 0 Å². The summed E-state index contributed by atoms with van der Waals surface area (Å²) in [6, 6.07) is 0. The lowest BCUT2D eigenvalue weighted by Crippen LogP contribution is -2.34. The van der Waals surface area contributed by atoms with Gasteiger partial charge in [-0.25, -0.2) is 0 Å². The van der Waals surface area contributed by atoms with Crippen LogP contribution in [-0.2, 0) is 0 Å². The summed E-state index contributed by atoms with van der Waals surface area (Å²) in [6.07, 6.45) is 10.9. The molecule has 0 saturated heterocycles. The summed E-state index contributed by atoms with van der Waals surface area (Å²) in [6.45, 7) is 4.38. The van der Waals surface area contributed by atoms with Crippen molar-refractivity contribution in [1.82, 2.24) is 0 Å². The maximum Gasteiger partial charge on any atom is 0.0346 e. The molecule has 2 aliphatic carbocycles. The van der Waals surface area contributed by atoms with E-state index in [-0.39, 0.29) is 0 Å². The highest BCUT2D eigenvalue weighted by molar-refractivity contribution is 8.00. The predicted octanol–water partition coefficient (Wildman–Crippen LogP) is 6.09. The first-order chi connectivity index (χ1) is 9.09. The van der Waals surface area contributed by atoms with E-state index in [4.69, 9.17) is 23.2 Å². The molecule has 112 valence electrons. The van der Waals surface area contributed by atoms with Crippen LogP contribution in [0.15, 0.2) is 0 Å². The van der Waals surface area contributed by atoms with Gasteiger partial charge in [-0.15, -0.1) is 23.2 Å². The zero-order chi connectivity index (χ0) is 13.8. The van der Waals surface area contributed by atoms with Crippen molar-refractivity contribution < 1.29 is 0 Å². The van der Waals surface area contributed by atoms with Crippen molar-refractivity contribution in [3.8, 4) is 0 Å². The number of rotatable bonds is 4. The van der Waals surface area contributed by atoms with E-state index in [1.54, 1.807) is 0 Å². The van der Waals surface area contributed by atoms with Gasteiger partial charge in [-0.3, -0.25) is 0 Å². The van der Waals surface area contributed by atoms with Crippen molar-refractivity contribution in [3.63, 3.8) is 0 Å². The van der Waals surface area contributed by atoms with E-state index < -0.39 is 0 Å². The van der Waals surface area contributed by atoms with Crippen LogP contribution >= 0.6 is 35.0 Å². The van der Waals surface area contributed by atoms with Crippen molar-refractivity contribution in [3.05, 3.63) is 0 Å². The summed E-state index contributed by atoms with van der Waals surface area (Å²) in [5.41, 5.74) is 0. The van der Waals surface area contributed by atoms with E-state index in [1.165, 1.54) is 51.4 Å². The van der Waals surface area contributed by atoms with Crippen molar-refractivity contribution >= 4 is 35.0 Å². The molecule has 0 amide bonds. The van der Waals surface area contributed by atoms with Crippen molar-refractivity contribution in [2.24, 2.45) is 11.8 Å². The number of thioether (sulfide) groups is 1. The Labute approximate surface area is 133 Å². The van der Waals surface area contributed by atoms with Gasteiger partial charge in [0.1, 0.15) is 0 Å². The van der Waals surface area contributed by atoms with Crippen LogP contribution in [0.5, 0.6) is 0 Å². The standard InChI is InChI=1S/C16H28Cl2S/c1-11(17)13-7-3-5-9-15(13)19-16-10-6-4-8-14(16)12(2)18/h11-16H,3-10H2,1-2H3. The summed E-state index contributed by atoms with van der Waals surface area (Å²) in [5.74, 6) is 1.43. The van der Waals surface area contributed by atoms with Crippen LogP contribution in [0.25, 0.3) is 0 Å². The highest BCUT2D eigenvalue weighted by atomic mass is 35.5. The SMILES string of the molecule is CC(Cl)C1CCCCC1SC1CCCCC1C(C)Cl. The van der Waals surface area contributed by atoms with Crippen LogP contribution in [0.1, 0.15) is 65.2 Å². The second-order valence-electron chi connectivity index (χ2n) is 6.46. The van der Waals surface area contributed by atoms with E-state index >= 15 is 0 Å². The van der Waals surface area contributed by atoms with Crippen molar-refractivity contribution in [2.45, 2.75) is 86.5 Å². The minimum atomic E-state index is 0.327. The zero-order valence-electron chi connectivity index (χ0n) is 12.3. The van der Waals surface area contributed by atoms with E-state index in [0.29, 0.717) is 22.6 Å². The Morgan fingerprint density at radius 2 is 1.11 bits per heavy atom. The molecule has 0 nitrogen and oxygen atoms in total. The molecule has 6 unspecified atom stereocenters. The predicted molar refractivity (Wildman–Crippen MR) is 89.7 cm³/mol. The van der Waals surface area contributed by atoms with Crippen LogP contribution in [0, 0.1) is 11.8 Å². The van der Waals surface area contributed by atoms with E-state index in [1.807, 2.05) is 0 Å². The van der Waals surface area contributed by atoms with Gasteiger partial charge in [-0.1, -0.05) is 25.7 Å². The van der Waals surface area contributed by atoms with Crippen LogP contribution < -0.4 is 0 Å². The quantitative estimate of drug-likeness (QED) is 0.564. The molecule has 6 atom stereocenters. The van der Waals surface area contributed by atoms with Gasteiger partial charge in [0.2, 0.25) is 0 Å². The number of hydrogen-bond donors (Lipinski definition) is 0. The average Bonchev–Trinajstić information content (AvgIpc) is 2.39. The fraction of sp³-hybridized carbons (Fsp3) is 1.00. The molecule has 2 saturated carbocycles. The molecule has 3 heteroatoms. The Bertz CT molecular complexity index is 241. The van der Waals surface area contributed by atoms with Crippen LogP contribution in [-0.4, -0.2) is 21.3 Å². The maximum absolute atomic E-state index is 6.43. The minimum absolute atomic E-state index is 0.327. The smallest absolute Gasteiger partial charge is 0.0346 e. The van der Waals surface area contributed by atoms with Gasteiger partial charge in [-0.2, -0.15) is 11.8 Å². The number of hydrogen-bond acceptors (Lipinski definition) is 1. The summed E-state index contributed by atoms with van der Waals surface area (Å²) in [7, 11) is 0. The molecule has 0 bridgehead atoms.